The van der Waals surface area contributed by atoms with Crippen LogP contribution in [0, 0.1) is 0 Å². The van der Waals surface area contributed by atoms with E-state index in [1.807, 2.05) is 43.3 Å². The Morgan fingerprint density at radius 2 is 1.93 bits per heavy atom. The van der Waals surface area contributed by atoms with Crippen molar-refractivity contribution in [2.45, 2.75) is 18.2 Å². The monoisotopic (exact) mass is 399 g/mol. The molecule has 1 amide bonds. The first-order valence-electron chi connectivity index (χ1n) is 9.53. The van der Waals surface area contributed by atoms with Crippen LogP contribution in [0.5, 0.6) is 0 Å². The number of amides is 1. The zero-order valence-corrected chi connectivity index (χ0v) is 17.4. The van der Waals surface area contributed by atoms with E-state index in [-0.39, 0.29) is 12.5 Å². The summed E-state index contributed by atoms with van der Waals surface area (Å²) in [5.41, 5.74) is 0.983. The van der Waals surface area contributed by atoms with Gasteiger partial charge in [0.05, 0.1) is 0 Å². The number of hydrogen-bond donors (Lipinski definition) is 2. The molecular weight excluding hydrogens is 370 g/mol. The first kappa shape index (κ1) is 21.8. The fourth-order valence-electron chi connectivity index (χ4n) is 2.42. The average molecular weight is 400 g/mol. The zero-order valence-electron chi connectivity index (χ0n) is 16.6. The highest BCUT2D eigenvalue weighted by Gasteiger charge is 2.09. The van der Waals surface area contributed by atoms with Crippen LogP contribution in [-0.2, 0) is 11.2 Å². The number of aromatic nitrogens is 1. The van der Waals surface area contributed by atoms with Crippen molar-refractivity contribution < 1.29 is 4.79 Å². The third kappa shape index (κ3) is 8.43. The maximum absolute atomic E-state index is 12.3. The molecule has 0 saturated carbocycles. The Morgan fingerprint density at radius 3 is 2.64 bits per heavy atom. The van der Waals surface area contributed by atoms with Crippen molar-refractivity contribution >= 4 is 23.6 Å². The summed E-state index contributed by atoms with van der Waals surface area (Å²) in [6.07, 6.45) is 2.51. The molecule has 0 aliphatic carbocycles. The average Bonchev–Trinajstić information content (AvgIpc) is 2.74. The lowest BCUT2D eigenvalue weighted by Gasteiger charge is -2.16. The van der Waals surface area contributed by atoms with E-state index in [0.29, 0.717) is 12.5 Å². The molecular formula is C21H29N5OS. The number of rotatable bonds is 10. The molecule has 150 valence electrons. The summed E-state index contributed by atoms with van der Waals surface area (Å²) in [6.45, 7) is 4.29. The van der Waals surface area contributed by atoms with E-state index in [4.69, 9.17) is 0 Å². The van der Waals surface area contributed by atoms with E-state index in [0.717, 1.165) is 31.0 Å². The molecule has 0 spiro atoms. The summed E-state index contributed by atoms with van der Waals surface area (Å²) in [7, 11) is 1.80. The van der Waals surface area contributed by atoms with Crippen molar-refractivity contribution in [1.82, 2.24) is 20.5 Å². The number of carbonyl (C=O) groups excluding carboxylic acids is 1. The SMILES string of the molecule is CCNC(=NCC(=O)N(C)CCc1ccccn1)NCCSc1ccccc1. The second kappa shape index (κ2) is 12.8. The van der Waals surface area contributed by atoms with Gasteiger partial charge in [0.15, 0.2) is 5.96 Å². The smallest absolute Gasteiger partial charge is 0.244 e. The van der Waals surface area contributed by atoms with Gasteiger partial charge in [-0.2, -0.15) is 0 Å². The van der Waals surface area contributed by atoms with E-state index in [1.54, 1.807) is 29.9 Å². The lowest BCUT2D eigenvalue weighted by Crippen LogP contribution is -2.39. The first-order valence-corrected chi connectivity index (χ1v) is 10.5. The molecule has 1 heterocycles. The highest BCUT2D eigenvalue weighted by atomic mass is 32.2. The topological polar surface area (TPSA) is 69.6 Å². The summed E-state index contributed by atoms with van der Waals surface area (Å²) in [5, 5.41) is 6.46. The number of thioether (sulfide) groups is 1. The Morgan fingerprint density at radius 1 is 1.14 bits per heavy atom. The van der Waals surface area contributed by atoms with Crippen molar-refractivity contribution in [3.05, 3.63) is 60.4 Å². The maximum Gasteiger partial charge on any atom is 0.244 e. The molecule has 6 nitrogen and oxygen atoms in total. The molecule has 0 bridgehead atoms. The van der Waals surface area contributed by atoms with Gasteiger partial charge >= 0.3 is 0 Å². The van der Waals surface area contributed by atoms with Crippen LogP contribution in [0.15, 0.2) is 64.6 Å². The second-order valence-electron chi connectivity index (χ2n) is 6.17. The van der Waals surface area contributed by atoms with Crippen LogP contribution in [0.2, 0.25) is 0 Å². The number of likely N-dealkylation sites (N-methyl/N-ethyl adjacent to an activating group) is 1. The van der Waals surface area contributed by atoms with Gasteiger partial charge in [-0.3, -0.25) is 9.78 Å². The van der Waals surface area contributed by atoms with E-state index >= 15 is 0 Å². The van der Waals surface area contributed by atoms with Crippen molar-refractivity contribution in [1.29, 1.82) is 0 Å². The van der Waals surface area contributed by atoms with Crippen LogP contribution in [-0.4, -0.2) is 60.7 Å². The quantitative estimate of drug-likeness (QED) is 0.278. The summed E-state index contributed by atoms with van der Waals surface area (Å²) >= 11 is 1.79. The van der Waals surface area contributed by atoms with Gasteiger partial charge in [0.1, 0.15) is 6.54 Å². The van der Waals surface area contributed by atoms with Crippen LogP contribution >= 0.6 is 11.8 Å². The highest BCUT2D eigenvalue weighted by Crippen LogP contribution is 2.15. The van der Waals surface area contributed by atoms with Gasteiger partial charge < -0.3 is 15.5 Å². The molecule has 0 radical (unpaired) electrons. The Balaban J connectivity index is 1.72. The third-order valence-corrected chi connectivity index (χ3v) is 4.99. The van der Waals surface area contributed by atoms with Gasteiger partial charge in [0.2, 0.25) is 5.91 Å². The van der Waals surface area contributed by atoms with Crippen LogP contribution in [0.25, 0.3) is 0 Å². The van der Waals surface area contributed by atoms with Crippen LogP contribution in [0.3, 0.4) is 0 Å². The van der Waals surface area contributed by atoms with Gasteiger partial charge in [-0.05, 0) is 31.2 Å². The van der Waals surface area contributed by atoms with Crippen molar-refractivity contribution in [2.24, 2.45) is 4.99 Å². The molecule has 0 atom stereocenters. The minimum absolute atomic E-state index is 0.00760. The molecule has 0 aliphatic rings. The number of benzene rings is 1. The number of aliphatic imine (C=N–C) groups is 1. The molecule has 1 aromatic heterocycles. The molecule has 28 heavy (non-hydrogen) atoms. The molecule has 0 saturated heterocycles. The molecule has 0 fully saturated rings. The third-order valence-electron chi connectivity index (χ3n) is 3.98. The number of hydrogen-bond acceptors (Lipinski definition) is 4. The Hall–Kier alpha value is -2.54. The van der Waals surface area contributed by atoms with Gasteiger partial charge in [0.25, 0.3) is 0 Å². The number of guanidine groups is 1. The Kier molecular flexibility index (Phi) is 9.93. The standard InChI is InChI=1S/C21H29N5OS/c1-3-22-21(24-14-16-28-19-10-5-4-6-11-19)25-17-20(27)26(2)15-12-18-9-7-8-13-23-18/h4-11,13H,3,12,14-17H2,1-2H3,(H2,22,24,25). The zero-order chi connectivity index (χ0) is 20.0. The molecule has 1 aromatic carbocycles. The molecule has 7 heteroatoms. The number of carbonyl (C=O) groups is 1. The molecule has 0 aliphatic heterocycles. The minimum atomic E-state index is -0.00760. The van der Waals surface area contributed by atoms with Crippen molar-refractivity contribution in [3.63, 3.8) is 0 Å². The fourth-order valence-corrected chi connectivity index (χ4v) is 3.21. The van der Waals surface area contributed by atoms with E-state index in [2.05, 4.69) is 32.7 Å². The Labute approximate surface area is 171 Å². The summed E-state index contributed by atoms with van der Waals surface area (Å²) < 4.78 is 0. The van der Waals surface area contributed by atoms with Crippen LogP contribution < -0.4 is 10.6 Å². The number of pyridine rings is 1. The van der Waals surface area contributed by atoms with Gasteiger partial charge in [-0.15, -0.1) is 11.8 Å². The van der Waals surface area contributed by atoms with Crippen molar-refractivity contribution in [2.75, 3.05) is 39.0 Å². The van der Waals surface area contributed by atoms with Gasteiger partial charge in [-0.1, -0.05) is 24.3 Å². The van der Waals surface area contributed by atoms with Crippen LogP contribution in [0.1, 0.15) is 12.6 Å². The Bertz CT molecular complexity index is 724. The van der Waals surface area contributed by atoms with Gasteiger partial charge in [-0.25, -0.2) is 4.99 Å². The second-order valence-corrected chi connectivity index (χ2v) is 7.34. The predicted molar refractivity (Wildman–Crippen MR) is 117 cm³/mol. The number of nitrogens with one attached hydrogen (secondary N) is 2. The van der Waals surface area contributed by atoms with Crippen molar-refractivity contribution in [3.8, 4) is 0 Å². The predicted octanol–water partition coefficient (Wildman–Crippen LogP) is 2.43. The number of nitrogens with zero attached hydrogens (tertiary/aromatic N) is 3. The molecule has 2 rings (SSSR count). The summed E-state index contributed by atoms with van der Waals surface area (Å²) in [4.78, 5) is 24.0. The minimum Gasteiger partial charge on any atom is -0.357 e. The summed E-state index contributed by atoms with van der Waals surface area (Å²) in [5.74, 6) is 1.58. The largest absolute Gasteiger partial charge is 0.357 e. The van der Waals surface area contributed by atoms with E-state index in [9.17, 15) is 4.79 Å². The lowest BCUT2D eigenvalue weighted by molar-refractivity contribution is -0.128. The van der Waals surface area contributed by atoms with Crippen LogP contribution in [0.4, 0.5) is 0 Å². The summed E-state index contributed by atoms with van der Waals surface area (Å²) in [6, 6.07) is 16.1. The van der Waals surface area contributed by atoms with Gasteiger partial charge in [0, 0.05) is 55.6 Å². The molecule has 2 aromatic rings. The molecule has 2 N–H and O–H groups in total. The van der Waals surface area contributed by atoms with E-state index in [1.165, 1.54) is 4.90 Å². The highest BCUT2D eigenvalue weighted by molar-refractivity contribution is 7.99. The maximum atomic E-state index is 12.3. The first-order chi connectivity index (χ1) is 13.7. The lowest BCUT2D eigenvalue weighted by atomic mass is 10.2. The fraction of sp³-hybridized carbons (Fsp3) is 0.381. The normalized spacial score (nSPS) is 11.1. The molecule has 0 unspecified atom stereocenters. The van der Waals surface area contributed by atoms with E-state index < -0.39 is 0 Å².